The molecule has 110 valence electrons. The van der Waals surface area contributed by atoms with E-state index in [4.69, 9.17) is 10.2 Å². The summed E-state index contributed by atoms with van der Waals surface area (Å²) in [5, 5.41) is 22.1. The van der Waals surface area contributed by atoms with Crippen LogP contribution in [0.15, 0.2) is 15.9 Å². The third kappa shape index (κ3) is 6.02. The molecule has 1 aromatic rings. The van der Waals surface area contributed by atoms with Gasteiger partial charge in [0.05, 0.1) is 10.3 Å². The molecule has 0 spiro atoms. The van der Waals surface area contributed by atoms with E-state index >= 15 is 0 Å². The van der Waals surface area contributed by atoms with Gasteiger partial charge in [-0.05, 0) is 34.5 Å². The normalized spacial score (nSPS) is 11.7. The molecule has 9 heteroatoms. The highest BCUT2D eigenvalue weighted by Gasteiger charge is 2.20. The van der Waals surface area contributed by atoms with E-state index in [9.17, 15) is 14.4 Å². The zero-order valence-electron chi connectivity index (χ0n) is 10.3. The van der Waals surface area contributed by atoms with Crippen LogP contribution < -0.4 is 10.6 Å². The molecule has 7 nitrogen and oxygen atoms in total. The first-order chi connectivity index (χ1) is 9.38. The number of carboxylic acids is 2. The van der Waals surface area contributed by atoms with Crippen LogP contribution in [-0.2, 0) is 16.1 Å². The van der Waals surface area contributed by atoms with Crippen molar-refractivity contribution in [2.45, 2.75) is 25.4 Å². The lowest BCUT2D eigenvalue weighted by atomic mass is 10.1. The Morgan fingerprint density at radius 3 is 2.50 bits per heavy atom. The van der Waals surface area contributed by atoms with E-state index in [0.717, 1.165) is 8.66 Å². The number of carbonyl (C=O) groups excluding carboxylic acids is 1. The van der Waals surface area contributed by atoms with E-state index in [1.54, 1.807) is 0 Å². The molecular formula is C11H13BrN2O5S. The summed E-state index contributed by atoms with van der Waals surface area (Å²) in [7, 11) is 0. The van der Waals surface area contributed by atoms with Crippen LogP contribution in [0.25, 0.3) is 0 Å². The summed E-state index contributed by atoms with van der Waals surface area (Å²) in [4.78, 5) is 33.7. The summed E-state index contributed by atoms with van der Waals surface area (Å²) in [6.07, 6.45) is -0.488. The van der Waals surface area contributed by atoms with Gasteiger partial charge in [-0.25, -0.2) is 9.59 Å². The second-order valence-electron chi connectivity index (χ2n) is 3.86. The van der Waals surface area contributed by atoms with Crippen LogP contribution in [0.5, 0.6) is 0 Å². The Morgan fingerprint density at radius 2 is 2.00 bits per heavy atom. The van der Waals surface area contributed by atoms with Crippen LogP contribution in [0.4, 0.5) is 4.79 Å². The summed E-state index contributed by atoms with van der Waals surface area (Å²) in [6.45, 7) is 0.271. The molecule has 4 N–H and O–H groups in total. The zero-order valence-corrected chi connectivity index (χ0v) is 12.7. The lowest BCUT2D eigenvalue weighted by Crippen LogP contribution is -2.45. The van der Waals surface area contributed by atoms with Crippen LogP contribution in [0, 0.1) is 0 Å². The summed E-state index contributed by atoms with van der Waals surface area (Å²) in [6, 6.07) is 1.80. The van der Waals surface area contributed by atoms with Crippen LogP contribution in [-0.4, -0.2) is 34.2 Å². The first-order valence-corrected chi connectivity index (χ1v) is 7.22. The quantitative estimate of drug-likeness (QED) is 0.586. The van der Waals surface area contributed by atoms with Gasteiger partial charge in [0.1, 0.15) is 6.04 Å². The minimum atomic E-state index is -1.26. The highest BCUT2D eigenvalue weighted by molar-refractivity contribution is 9.11. The molecule has 0 aromatic carbocycles. The molecule has 1 heterocycles. The number of thiophene rings is 1. The highest BCUT2D eigenvalue weighted by Crippen LogP contribution is 2.21. The van der Waals surface area contributed by atoms with Gasteiger partial charge in [-0.3, -0.25) is 4.79 Å². The number of amides is 2. The number of halogens is 1. The summed E-state index contributed by atoms with van der Waals surface area (Å²) in [5.74, 6) is -2.37. The van der Waals surface area contributed by atoms with Crippen LogP contribution in [0.3, 0.4) is 0 Å². The molecule has 1 rings (SSSR count). The van der Waals surface area contributed by atoms with Gasteiger partial charge in [-0.1, -0.05) is 0 Å². The Balaban J connectivity index is 2.41. The largest absolute Gasteiger partial charge is 0.481 e. The third-order valence-electron chi connectivity index (χ3n) is 2.30. The van der Waals surface area contributed by atoms with Gasteiger partial charge in [-0.2, -0.15) is 0 Å². The minimum absolute atomic E-state index is 0.164. The highest BCUT2D eigenvalue weighted by atomic mass is 79.9. The van der Waals surface area contributed by atoms with E-state index in [2.05, 4.69) is 26.6 Å². The smallest absolute Gasteiger partial charge is 0.326 e. The van der Waals surface area contributed by atoms with E-state index in [0.29, 0.717) is 0 Å². The molecule has 0 fully saturated rings. The molecule has 20 heavy (non-hydrogen) atoms. The van der Waals surface area contributed by atoms with Gasteiger partial charge < -0.3 is 20.8 Å². The van der Waals surface area contributed by atoms with Gasteiger partial charge in [-0.15, -0.1) is 11.3 Å². The van der Waals surface area contributed by atoms with Crippen molar-refractivity contribution in [2.75, 3.05) is 0 Å². The van der Waals surface area contributed by atoms with E-state index in [1.165, 1.54) is 11.3 Å². The average molecular weight is 365 g/mol. The molecule has 1 atom stereocenters. The summed E-state index contributed by atoms with van der Waals surface area (Å²) >= 11 is 4.74. The lowest BCUT2D eigenvalue weighted by molar-refractivity contribution is -0.140. The van der Waals surface area contributed by atoms with Gasteiger partial charge in [0.2, 0.25) is 0 Å². The predicted octanol–water partition coefficient (Wildman–Crippen LogP) is 1.63. The van der Waals surface area contributed by atoms with Gasteiger partial charge in [0.25, 0.3) is 0 Å². The number of hydrogen-bond acceptors (Lipinski definition) is 4. The first-order valence-electron chi connectivity index (χ1n) is 5.61. The molecule has 0 saturated heterocycles. The molecule has 2 amide bonds. The monoisotopic (exact) mass is 364 g/mol. The number of hydrogen-bond donors (Lipinski definition) is 4. The Hall–Kier alpha value is -1.61. The van der Waals surface area contributed by atoms with Crippen molar-refractivity contribution in [1.82, 2.24) is 10.6 Å². The molecule has 1 aromatic heterocycles. The van der Waals surface area contributed by atoms with Crippen LogP contribution in [0.2, 0.25) is 0 Å². The topological polar surface area (TPSA) is 116 Å². The zero-order chi connectivity index (χ0) is 15.1. The van der Waals surface area contributed by atoms with Crippen molar-refractivity contribution in [2.24, 2.45) is 0 Å². The molecular weight excluding hydrogens is 352 g/mol. The van der Waals surface area contributed by atoms with E-state index in [-0.39, 0.29) is 19.4 Å². The molecule has 0 radical (unpaired) electrons. The van der Waals surface area contributed by atoms with Crippen LogP contribution in [0.1, 0.15) is 17.7 Å². The fraction of sp³-hybridized carbons (Fsp3) is 0.364. The number of rotatable bonds is 7. The molecule has 0 saturated carbocycles. The molecule has 0 aliphatic rings. The summed E-state index contributed by atoms with van der Waals surface area (Å²) < 4.78 is 0.930. The van der Waals surface area contributed by atoms with Crippen molar-refractivity contribution in [3.8, 4) is 0 Å². The summed E-state index contributed by atoms with van der Waals surface area (Å²) in [5.41, 5.74) is 0. The molecule has 0 unspecified atom stereocenters. The maximum absolute atomic E-state index is 11.5. The number of aliphatic carboxylic acids is 2. The maximum Gasteiger partial charge on any atom is 0.326 e. The Kier molecular flexibility index (Phi) is 6.46. The predicted molar refractivity (Wildman–Crippen MR) is 75.7 cm³/mol. The molecule has 0 aliphatic carbocycles. The minimum Gasteiger partial charge on any atom is -0.481 e. The maximum atomic E-state index is 11.5. The fourth-order valence-corrected chi connectivity index (χ4v) is 2.77. The van der Waals surface area contributed by atoms with Crippen molar-refractivity contribution in [1.29, 1.82) is 0 Å². The van der Waals surface area contributed by atoms with Gasteiger partial charge in [0.15, 0.2) is 0 Å². The third-order valence-corrected chi connectivity index (χ3v) is 3.93. The number of carboxylic acid groups (broad SMARTS) is 2. The van der Waals surface area contributed by atoms with Crippen molar-refractivity contribution in [3.05, 3.63) is 20.8 Å². The lowest BCUT2D eigenvalue weighted by Gasteiger charge is -2.13. The number of carbonyl (C=O) groups is 3. The second-order valence-corrected chi connectivity index (χ2v) is 6.40. The number of nitrogens with one attached hydrogen (secondary N) is 2. The van der Waals surface area contributed by atoms with Crippen molar-refractivity contribution >= 4 is 45.2 Å². The number of urea groups is 1. The van der Waals surface area contributed by atoms with Crippen LogP contribution >= 0.6 is 27.3 Å². The Morgan fingerprint density at radius 1 is 1.30 bits per heavy atom. The molecule has 0 bridgehead atoms. The van der Waals surface area contributed by atoms with E-state index < -0.39 is 24.0 Å². The average Bonchev–Trinajstić information content (AvgIpc) is 2.77. The Labute approximate surface area is 127 Å². The first kappa shape index (κ1) is 16.4. The fourth-order valence-electron chi connectivity index (χ4n) is 1.35. The SMILES string of the molecule is O=C(O)CC[C@H](NC(=O)NCc1ccc(Br)s1)C(=O)O. The molecule has 0 aliphatic heterocycles. The van der Waals surface area contributed by atoms with Gasteiger partial charge >= 0.3 is 18.0 Å². The standard InChI is InChI=1S/C11H13BrN2O5S/c12-8-3-1-6(20-8)5-13-11(19)14-7(10(17)18)2-4-9(15)16/h1,3,7H,2,4-5H2,(H,15,16)(H,17,18)(H2,13,14,19)/t7-/m0/s1. The van der Waals surface area contributed by atoms with Crippen molar-refractivity contribution < 1.29 is 24.6 Å². The Bertz CT molecular complexity index is 505. The second kappa shape index (κ2) is 7.85. The van der Waals surface area contributed by atoms with E-state index in [1.807, 2.05) is 12.1 Å². The van der Waals surface area contributed by atoms with Crippen molar-refractivity contribution in [3.63, 3.8) is 0 Å². The van der Waals surface area contributed by atoms with Gasteiger partial charge in [0, 0.05) is 11.3 Å².